The molecule has 0 aromatic heterocycles. The topological polar surface area (TPSA) is 73.2 Å². The van der Waals surface area contributed by atoms with Crippen LogP contribution in [0.15, 0.2) is 66.7 Å². The Labute approximate surface area is 188 Å². The second-order valence-corrected chi connectivity index (χ2v) is 8.07. The molecule has 3 aromatic carbocycles. The van der Waals surface area contributed by atoms with Crippen LogP contribution in [-0.4, -0.2) is 18.4 Å². The van der Waals surface area contributed by atoms with Crippen LogP contribution >= 0.6 is 0 Å². The van der Waals surface area contributed by atoms with Crippen molar-refractivity contribution in [3.8, 4) is 6.07 Å². The molecule has 0 bridgehead atoms. The number of nitrogens with zero attached hydrogens (tertiary/aromatic N) is 2. The Hall–Kier alpha value is -3.91. The van der Waals surface area contributed by atoms with Crippen molar-refractivity contribution in [2.45, 2.75) is 32.6 Å². The molecule has 5 nitrogen and oxygen atoms in total. The Kier molecular flexibility index (Phi) is 6.32. The van der Waals surface area contributed by atoms with Crippen LogP contribution < -0.4 is 10.2 Å². The van der Waals surface area contributed by atoms with E-state index in [1.807, 2.05) is 60.4 Å². The maximum atomic E-state index is 12.9. The number of carbonyl (C=O) groups is 2. The van der Waals surface area contributed by atoms with Gasteiger partial charge in [-0.3, -0.25) is 9.59 Å². The number of fused-ring (bicyclic) bond motifs is 1. The first-order valence-electron chi connectivity index (χ1n) is 10.8. The van der Waals surface area contributed by atoms with Gasteiger partial charge in [0.2, 0.25) is 5.91 Å². The van der Waals surface area contributed by atoms with Crippen molar-refractivity contribution < 1.29 is 9.59 Å². The lowest BCUT2D eigenvalue weighted by Crippen LogP contribution is -2.35. The number of carbonyl (C=O) groups excluding carboxylic acids is 2. The van der Waals surface area contributed by atoms with E-state index in [9.17, 15) is 9.59 Å². The van der Waals surface area contributed by atoms with Crippen LogP contribution in [0.5, 0.6) is 0 Å². The van der Waals surface area contributed by atoms with Crippen molar-refractivity contribution in [3.05, 3.63) is 94.5 Å². The number of benzene rings is 3. The fraction of sp³-hybridized carbons (Fsp3) is 0.222. The molecule has 4 rings (SSSR count). The molecule has 32 heavy (non-hydrogen) atoms. The SMILES string of the molecule is Cc1ccccc1NC(=O)c1ccc2c(c1)CCCN2C(=O)CCc1ccc(C#N)cc1. The Morgan fingerprint density at radius 1 is 1.06 bits per heavy atom. The largest absolute Gasteiger partial charge is 0.322 e. The summed E-state index contributed by atoms with van der Waals surface area (Å²) in [5, 5.41) is 11.9. The standard InChI is InChI=1S/C27H25N3O2/c1-19-5-2-3-7-24(19)29-27(32)23-13-14-25-22(17-23)6-4-16-30(25)26(31)15-12-20-8-10-21(18-28)11-9-20/h2-3,5,7-11,13-14,17H,4,6,12,15-16H2,1H3,(H,29,32). The normalized spacial score (nSPS) is 12.6. The van der Waals surface area contributed by atoms with Crippen LogP contribution in [0.25, 0.3) is 0 Å². The fourth-order valence-corrected chi connectivity index (χ4v) is 4.04. The van der Waals surface area contributed by atoms with E-state index in [2.05, 4.69) is 11.4 Å². The molecule has 1 N–H and O–H groups in total. The Balaban J connectivity index is 1.45. The van der Waals surface area contributed by atoms with E-state index in [0.29, 0.717) is 30.5 Å². The van der Waals surface area contributed by atoms with Gasteiger partial charge in [0.05, 0.1) is 11.6 Å². The van der Waals surface area contributed by atoms with Crippen LogP contribution in [0.4, 0.5) is 11.4 Å². The lowest BCUT2D eigenvalue weighted by atomic mass is 9.98. The van der Waals surface area contributed by atoms with Gasteiger partial charge in [0.1, 0.15) is 0 Å². The van der Waals surface area contributed by atoms with Gasteiger partial charge in [0.15, 0.2) is 0 Å². The Bertz CT molecular complexity index is 1190. The van der Waals surface area contributed by atoms with E-state index < -0.39 is 0 Å². The summed E-state index contributed by atoms with van der Waals surface area (Å²) in [5.41, 5.74) is 5.99. The lowest BCUT2D eigenvalue weighted by molar-refractivity contribution is -0.118. The molecule has 0 fully saturated rings. The lowest BCUT2D eigenvalue weighted by Gasteiger charge is -2.30. The first-order chi connectivity index (χ1) is 15.5. The average molecular weight is 424 g/mol. The molecule has 1 heterocycles. The van der Waals surface area contributed by atoms with Crippen LogP contribution in [0.1, 0.15) is 45.5 Å². The molecule has 1 aliphatic heterocycles. The number of para-hydroxylation sites is 1. The van der Waals surface area contributed by atoms with Gasteiger partial charge in [0, 0.05) is 29.9 Å². The smallest absolute Gasteiger partial charge is 0.255 e. The second kappa shape index (κ2) is 9.49. The van der Waals surface area contributed by atoms with Crippen molar-refractivity contribution >= 4 is 23.2 Å². The number of anilines is 2. The first-order valence-corrected chi connectivity index (χ1v) is 10.8. The van der Waals surface area contributed by atoms with E-state index in [1.54, 1.807) is 18.2 Å². The zero-order valence-electron chi connectivity index (χ0n) is 18.1. The summed E-state index contributed by atoms with van der Waals surface area (Å²) in [6.45, 7) is 2.65. The number of hydrogen-bond acceptors (Lipinski definition) is 3. The summed E-state index contributed by atoms with van der Waals surface area (Å²) in [5.74, 6) is -0.0706. The van der Waals surface area contributed by atoms with E-state index in [0.717, 1.165) is 40.9 Å². The summed E-state index contributed by atoms with van der Waals surface area (Å²) in [7, 11) is 0. The molecule has 160 valence electrons. The number of hydrogen-bond donors (Lipinski definition) is 1. The predicted octanol–water partition coefficient (Wildman–Crippen LogP) is 5.03. The Morgan fingerprint density at radius 2 is 1.84 bits per heavy atom. The highest BCUT2D eigenvalue weighted by Gasteiger charge is 2.23. The van der Waals surface area contributed by atoms with Crippen molar-refractivity contribution in [2.75, 3.05) is 16.8 Å². The summed E-state index contributed by atoms with van der Waals surface area (Å²) in [4.78, 5) is 27.5. The van der Waals surface area contributed by atoms with E-state index in [-0.39, 0.29) is 11.8 Å². The third kappa shape index (κ3) is 4.70. The maximum absolute atomic E-state index is 12.9. The molecule has 0 atom stereocenters. The van der Waals surface area contributed by atoms with Gasteiger partial charge in [-0.15, -0.1) is 0 Å². The molecule has 0 saturated carbocycles. The number of nitriles is 1. The van der Waals surface area contributed by atoms with Crippen LogP contribution in [-0.2, 0) is 17.6 Å². The van der Waals surface area contributed by atoms with Gasteiger partial charge in [-0.05, 0) is 79.3 Å². The monoisotopic (exact) mass is 423 g/mol. The maximum Gasteiger partial charge on any atom is 0.255 e. The molecular formula is C27H25N3O2. The fourth-order valence-electron chi connectivity index (χ4n) is 4.04. The summed E-state index contributed by atoms with van der Waals surface area (Å²) >= 11 is 0. The minimum atomic E-state index is -0.147. The summed E-state index contributed by atoms with van der Waals surface area (Å²) in [6, 6.07) is 22.7. The highest BCUT2D eigenvalue weighted by atomic mass is 16.2. The number of amides is 2. The highest BCUT2D eigenvalue weighted by Crippen LogP contribution is 2.29. The summed E-state index contributed by atoms with van der Waals surface area (Å²) < 4.78 is 0. The van der Waals surface area contributed by atoms with Gasteiger partial charge in [0.25, 0.3) is 5.91 Å². The van der Waals surface area contributed by atoms with Crippen LogP contribution in [0, 0.1) is 18.3 Å². The Morgan fingerprint density at radius 3 is 2.59 bits per heavy atom. The van der Waals surface area contributed by atoms with E-state index >= 15 is 0 Å². The zero-order valence-corrected chi connectivity index (χ0v) is 18.1. The third-order valence-corrected chi connectivity index (χ3v) is 5.87. The zero-order chi connectivity index (χ0) is 22.5. The predicted molar refractivity (Wildman–Crippen MR) is 126 cm³/mol. The van der Waals surface area contributed by atoms with Gasteiger partial charge in [-0.2, -0.15) is 5.26 Å². The summed E-state index contributed by atoms with van der Waals surface area (Å²) in [6.07, 6.45) is 2.76. The highest BCUT2D eigenvalue weighted by molar-refractivity contribution is 6.05. The van der Waals surface area contributed by atoms with Crippen LogP contribution in [0.3, 0.4) is 0 Å². The van der Waals surface area contributed by atoms with Crippen LogP contribution in [0.2, 0.25) is 0 Å². The van der Waals surface area contributed by atoms with Gasteiger partial charge < -0.3 is 10.2 Å². The van der Waals surface area contributed by atoms with Crippen molar-refractivity contribution in [3.63, 3.8) is 0 Å². The molecule has 0 saturated heterocycles. The van der Waals surface area contributed by atoms with Gasteiger partial charge >= 0.3 is 0 Å². The molecule has 0 radical (unpaired) electrons. The molecule has 2 amide bonds. The second-order valence-electron chi connectivity index (χ2n) is 8.07. The van der Waals surface area contributed by atoms with Crippen molar-refractivity contribution in [1.29, 1.82) is 5.26 Å². The molecule has 0 unspecified atom stereocenters. The third-order valence-electron chi connectivity index (χ3n) is 5.87. The van der Waals surface area contributed by atoms with E-state index in [1.165, 1.54) is 0 Å². The average Bonchev–Trinajstić information content (AvgIpc) is 2.83. The first kappa shape index (κ1) is 21.3. The molecular weight excluding hydrogens is 398 g/mol. The molecule has 1 aliphatic rings. The number of rotatable bonds is 5. The quantitative estimate of drug-likeness (QED) is 0.625. The van der Waals surface area contributed by atoms with Crippen molar-refractivity contribution in [1.82, 2.24) is 0 Å². The molecule has 0 aliphatic carbocycles. The van der Waals surface area contributed by atoms with E-state index in [4.69, 9.17) is 5.26 Å². The molecule has 3 aromatic rings. The minimum absolute atomic E-state index is 0.0763. The molecule has 0 spiro atoms. The van der Waals surface area contributed by atoms with Crippen molar-refractivity contribution in [2.24, 2.45) is 0 Å². The minimum Gasteiger partial charge on any atom is -0.322 e. The van der Waals surface area contributed by atoms with Gasteiger partial charge in [-0.1, -0.05) is 30.3 Å². The number of aryl methyl sites for hydroxylation is 3. The number of nitrogens with one attached hydrogen (secondary N) is 1. The molecule has 5 heteroatoms. The van der Waals surface area contributed by atoms with Gasteiger partial charge in [-0.25, -0.2) is 0 Å².